The van der Waals surface area contributed by atoms with E-state index in [9.17, 15) is 4.79 Å². The molecule has 1 atom stereocenters. The lowest BCUT2D eigenvalue weighted by Gasteiger charge is -2.09. The van der Waals surface area contributed by atoms with Crippen molar-refractivity contribution in [1.29, 1.82) is 0 Å². The minimum absolute atomic E-state index is 0.144. The number of esters is 1. The molecule has 1 aromatic rings. The summed E-state index contributed by atoms with van der Waals surface area (Å²) in [5, 5.41) is 2.83. The molecule has 0 fully saturated rings. The number of benzene rings is 1. The molecular weight excluding hydrogens is 310 g/mol. The zero-order valence-corrected chi connectivity index (χ0v) is 18.6. The second kappa shape index (κ2) is 30.5. The van der Waals surface area contributed by atoms with E-state index in [0.29, 0.717) is 0 Å². The molecule has 1 aromatic carbocycles. The third kappa shape index (κ3) is 34.8. The van der Waals surface area contributed by atoms with Crippen LogP contribution in [0.3, 0.4) is 0 Å². The van der Waals surface area contributed by atoms with E-state index in [-0.39, 0.29) is 12.0 Å². The molecule has 0 saturated carbocycles. The molecule has 1 unspecified atom stereocenters. The van der Waals surface area contributed by atoms with E-state index in [2.05, 4.69) is 44.7 Å². The lowest BCUT2D eigenvalue weighted by atomic mass is 10.2. The third-order valence-electron chi connectivity index (χ3n) is 2.73. The quantitative estimate of drug-likeness (QED) is 0.640. The van der Waals surface area contributed by atoms with E-state index in [4.69, 9.17) is 0 Å². The van der Waals surface area contributed by atoms with Gasteiger partial charge in [0.2, 0.25) is 0 Å². The largest absolute Gasteiger partial charge is 0.468 e. The van der Waals surface area contributed by atoms with Crippen LogP contribution in [0.2, 0.25) is 0 Å². The molecule has 0 amide bonds. The Bertz CT molecular complexity index is 282. The Balaban J connectivity index is -0.000000121. The Kier molecular flexibility index (Phi) is 38.4. The molecule has 0 heterocycles. The molecule has 0 aromatic heterocycles. The van der Waals surface area contributed by atoms with E-state index in [1.165, 1.54) is 20.0 Å². The first-order chi connectivity index (χ1) is 11.9. The molecule has 0 aliphatic heterocycles. The van der Waals surface area contributed by atoms with Crippen molar-refractivity contribution in [1.82, 2.24) is 5.32 Å². The summed E-state index contributed by atoms with van der Waals surface area (Å²) in [6.07, 6.45) is 3.32. The maximum Gasteiger partial charge on any atom is 0.322 e. The highest BCUT2D eigenvalue weighted by molar-refractivity contribution is 5.75. The molecule has 0 aliphatic rings. The smallest absolute Gasteiger partial charge is 0.322 e. The van der Waals surface area contributed by atoms with E-state index in [1.807, 2.05) is 57.2 Å². The van der Waals surface area contributed by atoms with Gasteiger partial charge in [-0.2, -0.15) is 0 Å². The van der Waals surface area contributed by atoms with E-state index in [0.717, 1.165) is 12.3 Å². The van der Waals surface area contributed by atoms with Gasteiger partial charge in [0.15, 0.2) is 0 Å². The maximum atomic E-state index is 10.7. The van der Waals surface area contributed by atoms with E-state index in [1.54, 1.807) is 7.05 Å². The summed E-state index contributed by atoms with van der Waals surface area (Å²) in [6.45, 7) is 16.8. The van der Waals surface area contributed by atoms with Crippen LogP contribution < -0.4 is 5.32 Å². The summed E-state index contributed by atoms with van der Waals surface area (Å²) in [5.74, 6) is 0.690. The molecule has 0 spiro atoms. The zero-order chi connectivity index (χ0) is 20.5. The van der Waals surface area contributed by atoms with Crippen LogP contribution in [0.5, 0.6) is 0 Å². The molecular formula is C22H45NO2. The van der Waals surface area contributed by atoms with Gasteiger partial charge >= 0.3 is 5.97 Å². The average Bonchev–Trinajstić information content (AvgIpc) is 2.67. The Morgan fingerprint density at radius 2 is 1.16 bits per heavy atom. The topological polar surface area (TPSA) is 38.3 Å². The minimum Gasteiger partial charge on any atom is -0.468 e. The molecule has 150 valence electrons. The predicted molar refractivity (Wildman–Crippen MR) is 114 cm³/mol. The van der Waals surface area contributed by atoms with Crippen molar-refractivity contribution in [3.05, 3.63) is 36.4 Å². The van der Waals surface area contributed by atoms with Crippen LogP contribution in [0.1, 0.15) is 74.7 Å². The molecule has 0 aliphatic carbocycles. The molecule has 0 saturated heterocycles. The number of hydrogen-bond acceptors (Lipinski definition) is 3. The molecule has 1 N–H and O–H groups in total. The van der Waals surface area contributed by atoms with Crippen molar-refractivity contribution in [2.24, 2.45) is 5.92 Å². The van der Waals surface area contributed by atoms with Gasteiger partial charge in [-0.05, 0) is 19.4 Å². The Morgan fingerprint density at radius 3 is 1.24 bits per heavy atom. The van der Waals surface area contributed by atoms with Crippen molar-refractivity contribution in [3.8, 4) is 0 Å². The van der Waals surface area contributed by atoms with Gasteiger partial charge in [-0.25, -0.2) is 0 Å². The lowest BCUT2D eigenvalue weighted by molar-refractivity contribution is -0.143. The van der Waals surface area contributed by atoms with Gasteiger partial charge in [0.25, 0.3) is 0 Å². The maximum absolute atomic E-state index is 10.7. The van der Waals surface area contributed by atoms with Crippen molar-refractivity contribution in [3.63, 3.8) is 0 Å². The second-order valence-corrected chi connectivity index (χ2v) is 5.44. The molecule has 3 heteroatoms. The number of carbonyl (C=O) groups is 1. The number of carbonyl (C=O) groups excluding carboxylic acids is 1. The first-order valence-corrected chi connectivity index (χ1v) is 9.69. The molecule has 3 nitrogen and oxygen atoms in total. The number of hydrogen-bond donors (Lipinski definition) is 1. The summed E-state index contributed by atoms with van der Waals surface area (Å²) in [4.78, 5) is 10.7. The minimum atomic E-state index is -0.194. The van der Waals surface area contributed by atoms with Crippen LogP contribution in [-0.2, 0) is 9.53 Å². The van der Waals surface area contributed by atoms with E-state index < -0.39 is 0 Å². The molecule has 0 radical (unpaired) electrons. The zero-order valence-electron chi connectivity index (χ0n) is 18.6. The fourth-order valence-electron chi connectivity index (χ4n) is 1.02. The van der Waals surface area contributed by atoms with E-state index >= 15 is 0 Å². The Morgan fingerprint density at radius 1 is 0.880 bits per heavy atom. The van der Waals surface area contributed by atoms with Gasteiger partial charge in [0, 0.05) is 0 Å². The van der Waals surface area contributed by atoms with Gasteiger partial charge in [-0.15, -0.1) is 0 Å². The molecule has 1 rings (SSSR count). The first kappa shape index (κ1) is 31.4. The van der Waals surface area contributed by atoms with Crippen molar-refractivity contribution in [2.75, 3.05) is 14.2 Å². The lowest BCUT2D eigenvalue weighted by Crippen LogP contribution is -2.34. The normalized spacial score (nSPS) is 9.40. The standard InChI is InChI=1S/C6H13NO2.C6H6.C5H12.C3H8.C2H6/c1-4-5(7-2)6(8)9-3;1-2-4-6-5-3-1;1-4-5(2)3;1-3-2;1-2/h5,7H,4H2,1-3H3;1-6H;5H,4H2,1-3H3;3H2,1-2H3;1-2H3. The van der Waals surface area contributed by atoms with Gasteiger partial charge < -0.3 is 10.1 Å². The monoisotopic (exact) mass is 355 g/mol. The summed E-state index contributed by atoms with van der Waals surface area (Å²) in [7, 11) is 3.13. The number of likely N-dealkylation sites (N-methyl/N-ethyl adjacent to an activating group) is 1. The highest BCUT2D eigenvalue weighted by Gasteiger charge is 2.12. The van der Waals surface area contributed by atoms with Crippen LogP contribution in [0, 0.1) is 5.92 Å². The summed E-state index contributed by atoms with van der Waals surface area (Å²) >= 11 is 0. The second-order valence-electron chi connectivity index (χ2n) is 5.44. The van der Waals surface area contributed by atoms with Crippen molar-refractivity contribution >= 4 is 5.97 Å². The Labute approximate surface area is 158 Å². The molecule has 0 bridgehead atoms. The van der Waals surface area contributed by atoms with Gasteiger partial charge in [-0.1, -0.05) is 105 Å². The third-order valence-corrected chi connectivity index (χ3v) is 2.73. The fourth-order valence-corrected chi connectivity index (χ4v) is 1.02. The van der Waals surface area contributed by atoms with Gasteiger partial charge in [0.1, 0.15) is 6.04 Å². The predicted octanol–water partition coefficient (Wildman–Crippen LogP) is 6.34. The number of nitrogens with one attached hydrogen (secondary N) is 1. The number of methoxy groups -OCH3 is 1. The first-order valence-electron chi connectivity index (χ1n) is 9.69. The van der Waals surface area contributed by atoms with Crippen LogP contribution in [0.15, 0.2) is 36.4 Å². The van der Waals surface area contributed by atoms with Crippen LogP contribution in [0.25, 0.3) is 0 Å². The van der Waals surface area contributed by atoms with Crippen LogP contribution in [0.4, 0.5) is 0 Å². The fraction of sp³-hybridized carbons (Fsp3) is 0.682. The van der Waals surface area contributed by atoms with Crippen LogP contribution >= 0.6 is 0 Å². The van der Waals surface area contributed by atoms with Crippen LogP contribution in [-0.4, -0.2) is 26.2 Å². The Hall–Kier alpha value is -1.35. The molecule has 25 heavy (non-hydrogen) atoms. The highest BCUT2D eigenvalue weighted by atomic mass is 16.5. The SMILES string of the molecule is CC.CCC.CCC(C)C.CCC(NC)C(=O)OC.c1ccccc1. The summed E-state index contributed by atoms with van der Waals surface area (Å²) in [5.41, 5.74) is 0. The summed E-state index contributed by atoms with van der Waals surface area (Å²) in [6, 6.07) is 11.9. The van der Waals surface area contributed by atoms with Crippen molar-refractivity contribution < 1.29 is 9.53 Å². The summed E-state index contributed by atoms with van der Waals surface area (Å²) < 4.78 is 4.49. The van der Waals surface area contributed by atoms with Crippen molar-refractivity contribution in [2.45, 2.75) is 80.7 Å². The average molecular weight is 356 g/mol. The highest BCUT2D eigenvalue weighted by Crippen LogP contribution is 1.94. The van der Waals surface area contributed by atoms with Gasteiger partial charge in [0.05, 0.1) is 7.11 Å². The number of ether oxygens (including phenoxy) is 1. The van der Waals surface area contributed by atoms with Gasteiger partial charge in [-0.3, -0.25) is 4.79 Å². The number of rotatable bonds is 4.